The van der Waals surface area contributed by atoms with Gasteiger partial charge >= 0.3 is 0 Å². The zero-order valence-corrected chi connectivity index (χ0v) is 17.4. The molecule has 1 aliphatic heterocycles. The average molecular weight is 403 g/mol. The number of ether oxygens (including phenoxy) is 5. The normalized spacial score (nSPS) is 19.6. The summed E-state index contributed by atoms with van der Waals surface area (Å²) in [6.45, 7) is 1.74. The first-order valence-corrected chi connectivity index (χ1v) is 9.55. The molecule has 0 amide bonds. The predicted octanol–water partition coefficient (Wildman–Crippen LogP) is 2.66. The van der Waals surface area contributed by atoms with Crippen LogP contribution in [0.5, 0.6) is 23.0 Å². The first-order chi connectivity index (χ1) is 14.2. The van der Waals surface area contributed by atoms with Crippen LogP contribution in [0.25, 0.3) is 0 Å². The van der Waals surface area contributed by atoms with Gasteiger partial charge in [0.25, 0.3) is 0 Å². The molecule has 0 aliphatic carbocycles. The van der Waals surface area contributed by atoms with Crippen molar-refractivity contribution in [1.82, 2.24) is 4.90 Å². The minimum absolute atomic E-state index is 0.0848. The standard InChI is InChI=1S/C22H29NO6/c1-25-17-6-5-7-18(26-2)16(17)13-23-10-11-29-21(14-24)22(23)15-8-9-19(27-3)20(12-15)28-4/h5-9,12,21-22,24H,10-11,13-14H2,1-4H3. The lowest BCUT2D eigenvalue weighted by Gasteiger charge is -2.41. The molecule has 7 heteroatoms. The fourth-order valence-corrected chi connectivity index (χ4v) is 3.87. The van der Waals surface area contributed by atoms with Gasteiger partial charge in [0.05, 0.1) is 53.3 Å². The van der Waals surface area contributed by atoms with E-state index < -0.39 is 0 Å². The van der Waals surface area contributed by atoms with Crippen LogP contribution >= 0.6 is 0 Å². The number of hydrogen-bond donors (Lipinski definition) is 1. The van der Waals surface area contributed by atoms with Crippen LogP contribution in [0.3, 0.4) is 0 Å². The van der Waals surface area contributed by atoms with Crippen LogP contribution in [0.15, 0.2) is 36.4 Å². The first kappa shape index (κ1) is 21.2. The number of hydrogen-bond acceptors (Lipinski definition) is 7. The molecule has 29 heavy (non-hydrogen) atoms. The van der Waals surface area contributed by atoms with Crippen LogP contribution in [0, 0.1) is 0 Å². The maximum atomic E-state index is 9.98. The zero-order valence-electron chi connectivity index (χ0n) is 17.4. The molecule has 1 N–H and O–H groups in total. The van der Waals surface area contributed by atoms with Crippen molar-refractivity contribution in [2.75, 3.05) is 48.2 Å². The summed E-state index contributed by atoms with van der Waals surface area (Å²) in [6.07, 6.45) is -0.359. The van der Waals surface area contributed by atoms with Gasteiger partial charge in [-0.3, -0.25) is 4.90 Å². The van der Waals surface area contributed by atoms with Gasteiger partial charge in [-0.25, -0.2) is 0 Å². The molecule has 7 nitrogen and oxygen atoms in total. The highest BCUT2D eigenvalue weighted by Gasteiger charge is 2.34. The second-order valence-corrected chi connectivity index (χ2v) is 6.76. The number of nitrogens with zero attached hydrogens (tertiary/aromatic N) is 1. The van der Waals surface area contributed by atoms with E-state index in [0.717, 1.165) is 22.6 Å². The molecule has 0 saturated carbocycles. The van der Waals surface area contributed by atoms with E-state index in [1.165, 1.54) is 0 Å². The monoisotopic (exact) mass is 403 g/mol. The minimum atomic E-state index is -0.359. The number of methoxy groups -OCH3 is 4. The number of aliphatic hydroxyl groups excluding tert-OH is 1. The Bertz CT molecular complexity index is 790. The SMILES string of the molecule is COc1ccc(C2C(CO)OCCN2Cc2c(OC)cccc2OC)cc1OC. The number of aliphatic hydroxyl groups is 1. The highest BCUT2D eigenvalue weighted by molar-refractivity contribution is 5.46. The van der Waals surface area contributed by atoms with Crippen LogP contribution in [0.1, 0.15) is 17.2 Å². The molecular weight excluding hydrogens is 374 g/mol. The fourth-order valence-electron chi connectivity index (χ4n) is 3.87. The Morgan fingerprint density at radius 1 is 0.931 bits per heavy atom. The number of morpholine rings is 1. The maximum absolute atomic E-state index is 9.98. The fraction of sp³-hybridized carbons (Fsp3) is 0.455. The Morgan fingerprint density at radius 2 is 1.59 bits per heavy atom. The van der Waals surface area contributed by atoms with Crippen LogP contribution in [0.4, 0.5) is 0 Å². The molecule has 1 aliphatic rings. The predicted molar refractivity (Wildman–Crippen MR) is 109 cm³/mol. The van der Waals surface area contributed by atoms with E-state index in [2.05, 4.69) is 4.90 Å². The van der Waals surface area contributed by atoms with E-state index in [0.29, 0.717) is 31.2 Å². The summed E-state index contributed by atoms with van der Waals surface area (Å²) in [5, 5.41) is 9.98. The summed E-state index contributed by atoms with van der Waals surface area (Å²) < 4.78 is 27.9. The van der Waals surface area contributed by atoms with Gasteiger partial charge in [0.15, 0.2) is 11.5 Å². The Morgan fingerprint density at radius 3 is 2.17 bits per heavy atom. The van der Waals surface area contributed by atoms with E-state index in [-0.39, 0.29) is 18.8 Å². The Balaban J connectivity index is 1.99. The number of rotatable bonds is 8. The summed E-state index contributed by atoms with van der Waals surface area (Å²) >= 11 is 0. The highest BCUT2D eigenvalue weighted by atomic mass is 16.5. The molecule has 1 saturated heterocycles. The van der Waals surface area contributed by atoms with Crippen molar-refractivity contribution >= 4 is 0 Å². The molecule has 1 heterocycles. The van der Waals surface area contributed by atoms with Crippen LogP contribution < -0.4 is 18.9 Å². The summed E-state index contributed by atoms with van der Waals surface area (Å²) in [5.41, 5.74) is 1.94. The van der Waals surface area contributed by atoms with Crippen LogP contribution in [-0.4, -0.2) is 64.3 Å². The summed E-state index contributed by atoms with van der Waals surface area (Å²) in [4.78, 5) is 2.27. The van der Waals surface area contributed by atoms with Gasteiger partial charge in [-0.05, 0) is 29.8 Å². The Kier molecular flexibility index (Phi) is 7.19. The lowest BCUT2D eigenvalue weighted by molar-refractivity contribution is -0.0963. The molecular formula is C22H29NO6. The molecule has 2 aromatic rings. The third-order valence-electron chi connectivity index (χ3n) is 5.28. The van der Waals surface area contributed by atoms with Gasteiger partial charge in [0.1, 0.15) is 17.6 Å². The third kappa shape index (κ3) is 4.42. The van der Waals surface area contributed by atoms with E-state index in [4.69, 9.17) is 23.7 Å². The Labute approximate surface area is 171 Å². The Hall–Kier alpha value is -2.48. The van der Waals surface area contributed by atoms with Crippen LogP contribution in [0.2, 0.25) is 0 Å². The lowest BCUT2D eigenvalue weighted by Crippen LogP contribution is -2.46. The molecule has 158 valence electrons. The second-order valence-electron chi connectivity index (χ2n) is 6.76. The van der Waals surface area contributed by atoms with Crippen molar-refractivity contribution in [1.29, 1.82) is 0 Å². The van der Waals surface area contributed by atoms with Gasteiger partial charge < -0.3 is 28.8 Å². The van der Waals surface area contributed by atoms with Crippen LogP contribution in [-0.2, 0) is 11.3 Å². The summed E-state index contributed by atoms with van der Waals surface area (Å²) in [5.74, 6) is 2.83. The summed E-state index contributed by atoms with van der Waals surface area (Å²) in [7, 11) is 6.53. The van der Waals surface area contributed by atoms with Crippen molar-refractivity contribution in [2.24, 2.45) is 0 Å². The second kappa shape index (κ2) is 9.82. The largest absolute Gasteiger partial charge is 0.496 e. The van der Waals surface area contributed by atoms with Gasteiger partial charge in [-0.1, -0.05) is 12.1 Å². The molecule has 2 atom stereocenters. The highest BCUT2D eigenvalue weighted by Crippen LogP contribution is 2.38. The quantitative estimate of drug-likeness (QED) is 0.727. The van der Waals surface area contributed by atoms with Gasteiger partial charge in [0.2, 0.25) is 0 Å². The smallest absolute Gasteiger partial charge is 0.161 e. The van der Waals surface area contributed by atoms with Gasteiger partial charge in [-0.15, -0.1) is 0 Å². The maximum Gasteiger partial charge on any atom is 0.161 e. The molecule has 0 spiro atoms. The van der Waals surface area contributed by atoms with Crippen molar-refractivity contribution in [3.05, 3.63) is 47.5 Å². The molecule has 0 bridgehead atoms. The molecule has 2 aromatic carbocycles. The molecule has 0 aromatic heterocycles. The average Bonchev–Trinajstić information content (AvgIpc) is 2.78. The minimum Gasteiger partial charge on any atom is -0.496 e. The zero-order chi connectivity index (χ0) is 20.8. The molecule has 1 fully saturated rings. The van der Waals surface area contributed by atoms with E-state index in [1.807, 2.05) is 36.4 Å². The molecule has 0 radical (unpaired) electrons. The molecule has 3 rings (SSSR count). The van der Waals surface area contributed by atoms with Crippen molar-refractivity contribution in [3.63, 3.8) is 0 Å². The van der Waals surface area contributed by atoms with E-state index in [9.17, 15) is 5.11 Å². The molecule has 2 unspecified atom stereocenters. The number of benzene rings is 2. The third-order valence-corrected chi connectivity index (χ3v) is 5.28. The van der Waals surface area contributed by atoms with Crippen molar-refractivity contribution < 1.29 is 28.8 Å². The van der Waals surface area contributed by atoms with Gasteiger partial charge in [-0.2, -0.15) is 0 Å². The van der Waals surface area contributed by atoms with Crippen molar-refractivity contribution in [2.45, 2.75) is 18.7 Å². The van der Waals surface area contributed by atoms with Gasteiger partial charge in [0, 0.05) is 13.1 Å². The van der Waals surface area contributed by atoms with E-state index >= 15 is 0 Å². The lowest BCUT2D eigenvalue weighted by atomic mass is 9.96. The van der Waals surface area contributed by atoms with E-state index in [1.54, 1.807) is 28.4 Å². The topological polar surface area (TPSA) is 69.6 Å². The van der Waals surface area contributed by atoms with Crippen molar-refractivity contribution in [3.8, 4) is 23.0 Å². The first-order valence-electron chi connectivity index (χ1n) is 9.55. The summed E-state index contributed by atoms with van der Waals surface area (Å²) in [6, 6.07) is 11.4.